The highest BCUT2D eigenvalue weighted by Gasteiger charge is 2.25. The molecule has 0 aromatic rings. The van der Waals surface area contributed by atoms with E-state index in [9.17, 15) is 9.59 Å². The fourth-order valence-corrected chi connectivity index (χ4v) is 3.62. The van der Waals surface area contributed by atoms with Gasteiger partial charge in [0.05, 0.1) is 6.61 Å². The molecule has 0 aromatic carbocycles. The molecule has 0 saturated carbocycles. The predicted octanol–water partition coefficient (Wildman–Crippen LogP) is 3.62. The first-order chi connectivity index (χ1) is 9.80. The van der Waals surface area contributed by atoms with Crippen molar-refractivity contribution >= 4 is 33.7 Å². The van der Waals surface area contributed by atoms with Crippen molar-refractivity contribution in [1.82, 2.24) is 5.32 Å². The minimum Gasteiger partial charge on any atom is -0.464 e. The summed E-state index contributed by atoms with van der Waals surface area (Å²) in [6.07, 6.45) is 1.69. The highest BCUT2D eigenvalue weighted by molar-refractivity contribution is 8.76. The number of hydrogen-bond acceptors (Lipinski definition) is 6. The summed E-state index contributed by atoms with van der Waals surface area (Å²) in [5.74, 6) is 1.07. The molecule has 1 atom stereocenters. The Balaban J connectivity index is 4.32. The number of unbranched alkanes of at least 4 members (excludes halogenated alkanes) is 1. The van der Waals surface area contributed by atoms with Gasteiger partial charge in [0.25, 0.3) is 0 Å². The molecule has 1 amide bonds. The zero-order valence-electron chi connectivity index (χ0n) is 13.6. The van der Waals surface area contributed by atoms with E-state index >= 15 is 0 Å². The van der Waals surface area contributed by atoms with Crippen molar-refractivity contribution in [1.29, 1.82) is 0 Å². The van der Waals surface area contributed by atoms with Gasteiger partial charge in [-0.25, -0.2) is 9.59 Å². The van der Waals surface area contributed by atoms with Gasteiger partial charge in [-0.2, -0.15) is 0 Å². The van der Waals surface area contributed by atoms with Crippen molar-refractivity contribution in [3.8, 4) is 0 Å². The Bertz CT molecular complexity index is 319. The van der Waals surface area contributed by atoms with Gasteiger partial charge in [0.1, 0.15) is 11.6 Å². The molecule has 0 saturated heterocycles. The molecule has 0 aliphatic rings. The minimum absolute atomic E-state index is 0.291. The summed E-state index contributed by atoms with van der Waals surface area (Å²) >= 11 is 0. The van der Waals surface area contributed by atoms with Crippen LogP contribution in [0.3, 0.4) is 0 Å². The predicted molar refractivity (Wildman–Crippen MR) is 89.6 cm³/mol. The number of ether oxygens (including phenoxy) is 2. The quantitative estimate of drug-likeness (QED) is 0.394. The third-order valence-corrected chi connectivity index (χ3v) is 4.66. The van der Waals surface area contributed by atoms with Gasteiger partial charge in [-0.05, 0) is 34.1 Å². The largest absolute Gasteiger partial charge is 0.464 e. The first kappa shape index (κ1) is 20.4. The lowest BCUT2D eigenvalue weighted by atomic mass is 10.2. The molecule has 0 bridgehead atoms. The van der Waals surface area contributed by atoms with Gasteiger partial charge in [-0.15, -0.1) is 0 Å². The maximum atomic E-state index is 11.8. The lowest BCUT2D eigenvalue weighted by Gasteiger charge is -2.22. The summed E-state index contributed by atoms with van der Waals surface area (Å²) < 4.78 is 10.1. The smallest absolute Gasteiger partial charge is 0.408 e. The Morgan fingerprint density at radius 2 is 1.86 bits per heavy atom. The summed E-state index contributed by atoms with van der Waals surface area (Å²) in [5.41, 5.74) is -0.591. The van der Waals surface area contributed by atoms with Gasteiger partial charge in [0, 0.05) is 11.5 Å². The highest BCUT2D eigenvalue weighted by Crippen LogP contribution is 2.23. The molecule has 21 heavy (non-hydrogen) atoms. The average molecular weight is 338 g/mol. The molecule has 0 aliphatic heterocycles. The molecule has 0 aromatic heterocycles. The molecule has 0 fully saturated rings. The van der Waals surface area contributed by atoms with Crippen LogP contribution in [0.4, 0.5) is 4.79 Å². The molecule has 1 unspecified atom stereocenters. The lowest BCUT2D eigenvalue weighted by molar-refractivity contribution is -0.144. The van der Waals surface area contributed by atoms with E-state index in [4.69, 9.17) is 9.47 Å². The maximum absolute atomic E-state index is 11.8. The van der Waals surface area contributed by atoms with E-state index in [1.807, 2.05) is 0 Å². The van der Waals surface area contributed by atoms with Crippen LogP contribution in [-0.2, 0) is 14.3 Å². The first-order valence-corrected chi connectivity index (χ1v) is 9.69. The molecule has 0 rings (SSSR count). The molecule has 7 heteroatoms. The van der Waals surface area contributed by atoms with Crippen molar-refractivity contribution < 1.29 is 19.1 Å². The number of rotatable bonds is 9. The molecule has 124 valence electrons. The average Bonchev–Trinajstić information content (AvgIpc) is 2.35. The van der Waals surface area contributed by atoms with Crippen LogP contribution in [-0.4, -0.2) is 41.8 Å². The lowest BCUT2D eigenvalue weighted by Crippen LogP contribution is -2.45. The van der Waals surface area contributed by atoms with E-state index in [1.54, 1.807) is 49.3 Å². The number of nitrogens with one attached hydrogen (secondary N) is 1. The zero-order chi connectivity index (χ0) is 16.3. The van der Waals surface area contributed by atoms with Crippen molar-refractivity contribution in [2.75, 3.05) is 18.1 Å². The Kier molecular flexibility index (Phi) is 10.8. The molecule has 0 aliphatic carbocycles. The second kappa shape index (κ2) is 11.1. The molecule has 0 heterocycles. The summed E-state index contributed by atoms with van der Waals surface area (Å²) in [7, 11) is 3.26. The Labute approximate surface area is 135 Å². The number of carbonyl (C=O) groups excluding carboxylic acids is 2. The van der Waals surface area contributed by atoms with E-state index in [0.717, 1.165) is 18.6 Å². The van der Waals surface area contributed by atoms with Crippen molar-refractivity contribution in [2.45, 2.75) is 59.1 Å². The summed E-state index contributed by atoms with van der Waals surface area (Å²) in [4.78, 5) is 23.6. The second-order valence-corrected chi connectivity index (χ2v) is 8.04. The summed E-state index contributed by atoms with van der Waals surface area (Å²) in [5, 5.41) is 2.58. The topological polar surface area (TPSA) is 64.6 Å². The van der Waals surface area contributed by atoms with Crippen molar-refractivity contribution in [2.24, 2.45) is 0 Å². The van der Waals surface area contributed by atoms with Crippen LogP contribution in [0.25, 0.3) is 0 Å². The highest BCUT2D eigenvalue weighted by atomic mass is 33.1. The van der Waals surface area contributed by atoms with Gasteiger partial charge in [-0.3, -0.25) is 0 Å². The standard InChI is InChI=1S/C14H27NO4S2/c1-6-8-9-20-21-10-11(12(16)18-7-2)15-13(17)19-14(3,4)5/h11H,6-10H2,1-5H3,(H,15,17). The third-order valence-electron chi connectivity index (χ3n) is 2.16. The van der Waals surface area contributed by atoms with Crippen LogP contribution < -0.4 is 5.32 Å². The van der Waals surface area contributed by atoms with Gasteiger partial charge in [0.15, 0.2) is 0 Å². The van der Waals surface area contributed by atoms with Crippen LogP contribution >= 0.6 is 21.6 Å². The Morgan fingerprint density at radius 3 is 2.38 bits per heavy atom. The van der Waals surface area contributed by atoms with Crippen LogP contribution in [0.1, 0.15) is 47.5 Å². The van der Waals surface area contributed by atoms with E-state index in [0.29, 0.717) is 12.4 Å². The number of carbonyl (C=O) groups is 2. The number of hydrogen-bond donors (Lipinski definition) is 1. The van der Waals surface area contributed by atoms with Gasteiger partial charge < -0.3 is 14.8 Å². The molecular weight excluding hydrogens is 310 g/mol. The Hall–Kier alpha value is -0.560. The molecular formula is C14H27NO4S2. The van der Waals surface area contributed by atoms with Crippen LogP contribution in [0.5, 0.6) is 0 Å². The fraction of sp³-hybridized carbons (Fsp3) is 0.857. The van der Waals surface area contributed by atoms with E-state index in [-0.39, 0.29) is 0 Å². The molecule has 0 spiro atoms. The second-order valence-electron chi connectivity index (χ2n) is 5.41. The van der Waals surface area contributed by atoms with E-state index in [2.05, 4.69) is 12.2 Å². The van der Waals surface area contributed by atoms with E-state index < -0.39 is 23.7 Å². The number of esters is 1. The minimum atomic E-state index is -0.682. The maximum Gasteiger partial charge on any atom is 0.408 e. The van der Waals surface area contributed by atoms with Gasteiger partial charge in [0.2, 0.25) is 0 Å². The van der Waals surface area contributed by atoms with E-state index in [1.165, 1.54) is 0 Å². The summed E-state index contributed by atoms with van der Waals surface area (Å²) in [6.45, 7) is 9.51. The third kappa shape index (κ3) is 11.7. The molecule has 5 nitrogen and oxygen atoms in total. The van der Waals surface area contributed by atoms with Crippen LogP contribution in [0.15, 0.2) is 0 Å². The van der Waals surface area contributed by atoms with Gasteiger partial charge >= 0.3 is 12.1 Å². The molecule has 1 N–H and O–H groups in total. The van der Waals surface area contributed by atoms with Crippen LogP contribution in [0, 0.1) is 0 Å². The van der Waals surface area contributed by atoms with Crippen molar-refractivity contribution in [3.05, 3.63) is 0 Å². The summed E-state index contributed by atoms with van der Waals surface area (Å²) in [6, 6.07) is -0.682. The SMILES string of the molecule is CCCCSSCC(NC(=O)OC(C)(C)C)C(=O)OCC. The first-order valence-electron chi connectivity index (χ1n) is 7.20. The monoisotopic (exact) mass is 337 g/mol. The number of alkyl carbamates (subject to hydrolysis) is 1. The number of amides is 1. The fourth-order valence-electron chi connectivity index (χ4n) is 1.24. The van der Waals surface area contributed by atoms with Crippen LogP contribution in [0.2, 0.25) is 0 Å². The van der Waals surface area contributed by atoms with Crippen molar-refractivity contribution in [3.63, 3.8) is 0 Å². The Morgan fingerprint density at radius 1 is 1.19 bits per heavy atom. The van der Waals surface area contributed by atoms with Gasteiger partial charge in [-0.1, -0.05) is 34.9 Å². The molecule has 0 radical (unpaired) electrons. The zero-order valence-corrected chi connectivity index (χ0v) is 15.2. The normalized spacial score (nSPS) is 12.6.